The van der Waals surface area contributed by atoms with Crippen molar-refractivity contribution in [3.05, 3.63) is 116 Å². The summed E-state index contributed by atoms with van der Waals surface area (Å²) in [7, 11) is 0. The lowest BCUT2D eigenvalue weighted by atomic mass is 10.1. The van der Waals surface area contributed by atoms with Gasteiger partial charge in [-0.05, 0) is 48.4 Å². The minimum Gasteiger partial charge on any atom is -0.365 e. The number of halogens is 4. The summed E-state index contributed by atoms with van der Waals surface area (Å²) in [5.74, 6) is -0.113. The number of rotatable bonds is 9. The molecule has 0 aliphatic heterocycles. The van der Waals surface area contributed by atoms with Crippen LogP contribution in [0, 0.1) is 6.92 Å². The van der Waals surface area contributed by atoms with Gasteiger partial charge in [-0.25, -0.2) is 9.13 Å². The first kappa shape index (κ1) is 26.5. The molecule has 36 heavy (non-hydrogen) atoms. The molecule has 5 nitrogen and oxygen atoms in total. The van der Waals surface area contributed by atoms with Crippen LogP contribution in [-0.4, -0.2) is 10.5 Å². The number of hydrogen-bond donors (Lipinski definition) is 1. The number of imidazole rings is 1. The van der Waals surface area contributed by atoms with Gasteiger partial charge in [-0.3, -0.25) is 4.79 Å². The van der Waals surface area contributed by atoms with E-state index in [9.17, 15) is 4.79 Å². The molecule has 1 atom stereocenters. The standard InChI is InChI=1S/C27H23Cl4N3O2/c1-18-4-2-3-5-25(18)32-27(35)15-34-11-10-33(17-34)14-26(22-9-8-21(29)13-24(22)31)36-16-19-6-7-20(28)12-23(19)30/h2-13,17,26H,14-16H2,1H3/p+1. The van der Waals surface area contributed by atoms with Crippen LogP contribution in [0.1, 0.15) is 22.8 Å². The molecule has 1 aromatic heterocycles. The van der Waals surface area contributed by atoms with Crippen LogP contribution in [0.5, 0.6) is 0 Å². The first-order valence-corrected chi connectivity index (χ1v) is 12.7. The van der Waals surface area contributed by atoms with E-state index in [2.05, 4.69) is 5.32 Å². The van der Waals surface area contributed by atoms with Gasteiger partial charge < -0.3 is 10.1 Å². The molecule has 1 unspecified atom stereocenters. The number of nitrogens with one attached hydrogen (secondary N) is 1. The predicted molar refractivity (Wildman–Crippen MR) is 145 cm³/mol. The molecular formula is C27H24Cl4N3O2+. The maximum Gasteiger partial charge on any atom is 0.266 e. The highest BCUT2D eigenvalue weighted by Gasteiger charge is 2.21. The van der Waals surface area contributed by atoms with Crippen molar-refractivity contribution in [2.24, 2.45) is 0 Å². The lowest BCUT2D eigenvalue weighted by Gasteiger charge is -2.19. The Morgan fingerprint density at radius 1 is 1.00 bits per heavy atom. The SMILES string of the molecule is Cc1ccccc1NC(=O)C[n+]1ccn(CC(OCc2ccc(Cl)cc2Cl)c2ccc(Cl)cc2Cl)c1. The molecule has 0 fully saturated rings. The average Bonchev–Trinajstić information content (AvgIpc) is 3.26. The summed E-state index contributed by atoms with van der Waals surface area (Å²) in [4.78, 5) is 12.6. The van der Waals surface area contributed by atoms with E-state index in [1.54, 1.807) is 24.3 Å². The highest BCUT2D eigenvalue weighted by Crippen LogP contribution is 2.31. The van der Waals surface area contributed by atoms with Crippen molar-refractivity contribution in [1.82, 2.24) is 4.57 Å². The first-order valence-electron chi connectivity index (χ1n) is 11.2. The zero-order chi connectivity index (χ0) is 25.7. The molecule has 0 spiro atoms. The second kappa shape index (κ2) is 12.1. The van der Waals surface area contributed by atoms with E-state index in [0.717, 1.165) is 22.4 Å². The zero-order valence-electron chi connectivity index (χ0n) is 19.4. The molecule has 186 valence electrons. The van der Waals surface area contributed by atoms with E-state index in [1.807, 2.05) is 71.2 Å². The van der Waals surface area contributed by atoms with E-state index < -0.39 is 6.10 Å². The maximum atomic E-state index is 12.6. The normalized spacial score (nSPS) is 11.9. The predicted octanol–water partition coefficient (Wildman–Crippen LogP) is 7.29. The van der Waals surface area contributed by atoms with Crippen molar-refractivity contribution in [3.63, 3.8) is 0 Å². The van der Waals surface area contributed by atoms with Gasteiger partial charge in [-0.1, -0.05) is 76.7 Å². The van der Waals surface area contributed by atoms with Crippen molar-refractivity contribution in [3.8, 4) is 0 Å². The number of para-hydroxylation sites is 1. The highest BCUT2D eigenvalue weighted by atomic mass is 35.5. The average molecular weight is 564 g/mol. The Labute approximate surface area is 230 Å². The largest absolute Gasteiger partial charge is 0.365 e. The van der Waals surface area contributed by atoms with E-state index in [1.165, 1.54) is 0 Å². The molecular weight excluding hydrogens is 540 g/mol. The van der Waals surface area contributed by atoms with Crippen LogP contribution in [0.2, 0.25) is 20.1 Å². The monoisotopic (exact) mass is 562 g/mol. The number of aromatic nitrogens is 2. The molecule has 1 amide bonds. The summed E-state index contributed by atoms with van der Waals surface area (Å²) in [6.07, 6.45) is 5.18. The van der Waals surface area contributed by atoms with Crippen LogP contribution in [-0.2, 0) is 29.2 Å². The van der Waals surface area contributed by atoms with Crippen molar-refractivity contribution < 1.29 is 14.1 Å². The number of amides is 1. The summed E-state index contributed by atoms with van der Waals surface area (Å²) >= 11 is 25.0. The molecule has 0 saturated heterocycles. The molecule has 4 aromatic rings. The number of carbonyl (C=O) groups excluding carboxylic acids is 1. The Kier molecular flexibility index (Phi) is 8.94. The first-order chi connectivity index (χ1) is 17.3. The van der Waals surface area contributed by atoms with Gasteiger partial charge in [-0.2, -0.15) is 0 Å². The fourth-order valence-corrected chi connectivity index (χ4v) is 4.73. The van der Waals surface area contributed by atoms with Gasteiger partial charge >= 0.3 is 0 Å². The number of anilines is 1. The second-order valence-electron chi connectivity index (χ2n) is 8.35. The van der Waals surface area contributed by atoms with E-state index in [4.69, 9.17) is 51.1 Å². The molecule has 9 heteroatoms. The third-order valence-corrected chi connectivity index (χ3v) is 6.78. The molecule has 0 aliphatic carbocycles. The Bertz CT molecular complexity index is 1370. The Morgan fingerprint density at radius 3 is 2.44 bits per heavy atom. The molecule has 0 aliphatic rings. The molecule has 1 heterocycles. The fraction of sp³-hybridized carbons (Fsp3) is 0.185. The Balaban J connectivity index is 1.48. The number of ether oxygens (including phenoxy) is 1. The van der Waals surface area contributed by atoms with Crippen LogP contribution in [0.4, 0.5) is 5.69 Å². The van der Waals surface area contributed by atoms with Crippen molar-refractivity contribution in [2.45, 2.75) is 32.7 Å². The lowest BCUT2D eigenvalue weighted by Crippen LogP contribution is -2.38. The molecule has 1 N–H and O–H groups in total. The summed E-state index contributed by atoms with van der Waals surface area (Å²) in [5.41, 5.74) is 3.42. The van der Waals surface area contributed by atoms with Crippen molar-refractivity contribution in [2.75, 3.05) is 5.32 Å². The quantitative estimate of drug-likeness (QED) is 0.217. The lowest BCUT2D eigenvalue weighted by molar-refractivity contribution is -0.683. The van der Waals surface area contributed by atoms with Crippen LogP contribution >= 0.6 is 46.4 Å². The van der Waals surface area contributed by atoms with Gasteiger partial charge in [0.15, 0.2) is 6.54 Å². The van der Waals surface area contributed by atoms with Gasteiger partial charge in [0.25, 0.3) is 5.91 Å². The van der Waals surface area contributed by atoms with Gasteiger partial charge in [0.2, 0.25) is 6.33 Å². The van der Waals surface area contributed by atoms with Gasteiger partial charge in [0.05, 0.1) is 6.61 Å². The van der Waals surface area contributed by atoms with Gasteiger partial charge in [0, 0.05) is 31.3 Å². The summed E-state index contributed by atoms with van der Waals surface area (Å²) in [5, 5.41) is 5.09. The smallest absolute Gasteiger partial charge is 0.266 e. The van der Waals surface area contributed by atoms with E-state index >= 15 is 0 Å². The zero-order valence-corrected chi connectivity index (χ0v) is 22.5. The maximum absolute atomic E-state index is 12.6. The number of nitrogens with zero attached hydrogens (tertiary/aromatic N) is 2. The van der Waals surface area contributed by atoms with Gasteiger partial charge in [0.1, 0.15) is 25.0 Å². The van der Waals surface area contributed by atoms with Crippen molar-refractivity contribution >= 4 is 58.0 Å². The summed E-state index contributed by atoms with van der Waals surface area (Å²) in [6.45, 7) is 2.85. The third-order valence-electron chi connectivity index (χ3n) is 5.63. The molecule has 0 saturated carbocycles. The second-order valence-corrected chi connectivity index (χ2v) is 10.0. The van der Waals surface area contributed by atoms with E-state index in [0.29, 0.717) is 26.6 Å². The highest BCUT2D eigenvalue weighted by molar-refractivity contribution is 6.35. The van der Waals surface area contributed by atoms with Crippen LogP contribution < -0.4 is 9.88 Å². The Hall–Kier alpha value is -2.54. The van der Waals surface area contributed by atoms with Crippen molar-refractivity contribution in [1.29, 1.82) is 0 Å². The minimum absolute atomic E-state index is 0.113. The molecule has 0 bridgehead atoms. The topological polar surface area (TPSA) is 47.1 Å². The number of carbonyl (C=O) groups is 1. The van der Waals surface area contributed by atoms with Crippen LogP contribution in [0.15, 0.2) is 79.4 Å². The Morgan fingerprint density at radius 2 is 1.72 bits per heavy atom. The van der Waals surface area contributed by atoms with Gasteiger partial charge in [-0.15, -0.1) is 0 Å². The minimum atomic E-state index is -0.400. The number of aryl methyl sites for hydroxylation is 1. The molecule has 0 radical (unpaired) electrons. The summed E-state index contributed by atoms with van der Waals surface area (Å²) in [6, 6.07) is 18.3. The van der Waals surface area contributed by atoms with Crippen LogP contribution in [0.3, 0.4) is 0 Å². The molecule has 4 rings (SSSR count). The number of hydrogen-bond acceptors (Lipinski definition) is 2. The summed E-state index contributed by atoms with van der Waals surface area (Å²) < 4.78 is 10.0. The third kappa shape index (κ3) is 7.02. The van der Waals surface area contributed by atoms with Crippen LogP contribution in [0.25, 0.3) is 0 Å². The fourth-order valence-electron chi connectivity index (χ4n) is 3.73. The molecule has 3 aromatic carbocycles. The van der Waals surface area contributed by atoms with E-state index in [-0.39, 0.29) is 19.1 Å². The number of benzene rings is 3.